The van der Waals surface area contributed by atoms with E-state index in [0.717, 1.165) is 0 Å². The Morgan fingerprint density at radius 1 is 1.18 bits per heavy atom. The van der Waals surface area contributed by atoms with E-state index in [2.05, 4.69) is 20.6 Å². The Bertz CT molecular complexity index is 1310. The van der Waals surface area contributed by atoms with Crippen LogP contribution in [0.15, 0.2) is 60.8 Å². The lowest BCUT2D eigenvalue weighted by Crippen LogP contribution is -2.39. The molecule has 33 heavy (non-hydrogen) atoms. The first-order valence-electron chi connectivity index (χ1n) is 10.3. The van der Waals surface area contributed by atoms with Crippen LogP contribution in [0.5, 0.6) is 0 Å². The van der Waals surface area contributed by atoms with E-state index < -0.39 is 17.3 Å². The van der Waals surface area contributed by atoms with Crippen LogP contribution in [-0.2, 0) is 0 Å². The third kappa shape index (κ3) is 4.81. The number of aromatic nitrogens is 3. The predicted octanol–water partition coefficient (Wildman–Crippen LogP) is 5.04. The van der Waals surface area contributed by atoms with Crippen LogP contribution in [0.3, 0.4) is 0 Å². The maximum Gasteiger partial charge on any atom is 0.272 e. The van der Waals surface area contributed by atoms with Gasteiger partial charge in [0, 0.05) is 17.3 Å². The number of hydrogen-bond acceptors (Lipinski definition) is 5. The Morgan fingerprint density at radius 3 is 2.55 bits per heavy atom. The molecule has 2 aromatic carbocycles. The molecule has 0 aliphatic rings. The van der Waals surface area contributed by atoms with Gasteiger partial charge in [0.1, 0.15) is 11.5 Å². The fourth-order valence-electron chi connectivity index (χ4n) is 3.20. The molecule has 0 saturated carbocycles. The van der Waals surface area contributed by atoms with Gasteiger partial charge in [0.05, 0.1) is 22.4 Å². The van der Waals surface area contributed by atoms with Gasteiger partial charge >= 0.3 is 0 Å². The van der Waals surface area contributed by atoms with Crippen LogP contribution in [0.2, 0.25) is 5.02 Å². The molecule has 9 heteroatoms. The number of nitrogens with one attached hydrogen (secondary N) is 2. The molecule has 2 heterocycles. The number of amides is 1. The van der Waals surface area contributed by atoms with Crippen molar-refractivity contribution < 1.29 is 14.3 Å². The second-order valence-corrected chi connectivity index (χ2v) is 8.67. The Hall–Kier alpha value is -3.49. The quantitative estimate of drug-likeness (QED) is 0.369. The standard InChI is InChI=1S/C24H23ClFN5O2/c1-14(24(2,3)33)28-23-27-13-15-12-20(22(32)29-19-7-5-4-6-18(19)25)31(21(15)30-23)17-10-8-16(26)9-11-17/h4-14,33H,1-3H3,(H,29,32)(H,27,28,30). The van der Waals surface area contributed by atoms with E-state index in [0.29, 0.717) is 27.4 Å². The maximum atomic E-state index is 13.6. The molecule has 0 bridgehead atoms. The molecular formula is C24H23ClFN5O2. The summed E-state index contributed by atoms with van der Waals surface area (Å²) in [7, 11) is 0. The van der Waals surface area contributed by atoms with Crippen LogP contribution in [0, 0.1) is 5.82 Å². The highest BCUT2D eigenvalue weighted by Gasteiger charge is 2.24. The normalized spacial score (nSPS) is 12.5. The number of fused-ring (bicyclic) bond motifs is 1. The number of para-hydroxylation sites is 1. The average molecular weight is 468 g/mol. The maximum absolute atomic E-state index is 13.6. The van der Waals surface area contributed by atoms with Crippen LogP contribution in [0.4, 0.5) is 16.0 Å². The number of hydrogen-bond donors (Lipinski definition) is 3. The van der Waals surface area contributed by atoms with Crippen molar-refractivity contribution in [2.24, 2.45) is 0 Å². The molecule has 1 unspecified atom stereocenters. The largest absolute Gasteiger partial charge is 0.388 e. The van der Waals surface area contributed by atoms with E-state index in [1.807, 2.05) is 6.92 Å². The summed E-state index contributed by atoms with van der Waals surface area (Å²) in [5.74, 6) is -0.519. The molecule has 0 saturated heterocycles. The number of benzene rings is 2. The number of carbonyl (C=O) groups excluding carboxylic acids is 1. The molecule has 0 aliphatic carbocycles. The topological polar surface area (TPSA) is 92.1 Å². The van der Waals surface area contributed by atoms with Gasteiger partial charge in [-0.3, -0.25) is 9.36 Å². The molecule has 0 fully saturated rings. The first kappa shape index (κ1) is 22.7. The summed E-state index contributed by atoms with van der Waals surface area (Å²) in [6.07, 6.45) is 1.59. The van der Waals surface area contributed by atoms with E-state index in [9.17, 15) is 14.3 Å². The third-order valence-corrected chi connectivity index (χ3v) is 5.72. The molecule has 1 atom stereocenters. The van der Waals surface area contributed by atoms with Gasteiger partial charge in [-0.1, -0.05) is 23.7 Å². The molecule has 170 valence electrons. The highest BCUT2D eigenvalue weighted by atomic mass is 35.5. The van der Waals surface area contributed by atoms with Crippen molar-refractivity contribution in [3.05, 3.63) is 77.3 Å². The van der Waals surface area contributed by atoms with Gasteiger partial charge in [0.15, 0.2) is 5.65 Å². The van der Waals surface area contributed by atoms with Crippen LogP contribution in [-0.4, -0.2) is 37.2 Å². The summed E-state index contributed by atoms with van der Waals surface area (Å²) in [6, 6.07) is 14.0. The molecule has 1 amide bonds. The van der Waals surface area contributed by atoms with Gasteiger partial charge in [-0.25, -0.2) is 9.37 Å². The minimum absolute atomic E-state index is 0.276. The van der Waals surface area contributed by atoms with Crippen LogP contribution < -0.4 is 10.6 Å². The molecule has 0 aliphatic heterocycles. The number of halogens is 2. The molecule has 4 aromatic rings. The van der Waals surface area contributed by atoms with Crippen LogP contribution in [0.25, 0.3) is 16.7 Å². The van der Waals surface area contributed by atoms with Crippen molar-refractivity contribution >= 4 is 40.2 Å². The van der Waals surface area contributed by atoms with E-state index in [4.69, 9.17) is 11.6 Å². The monoisotopic (exact) mass is 467 g/mol. The zero-order chi connectivity index (χ0) is 23.8. The zero-order valence-electron chi connectivity index (χ0n) is 18.3. The van der Waals surface area contributed by atoms with Crippen molar-refractivity contribution in [1.29, 1.82) is 0 Å². The smallest absolute Gasteiger partial charge is 0.272 e. The van der Waals surface area contributed by atoms with Gasteiger partial charge in [0.2, 0.25) is 5.95 Å². The molecule has 3 N–H and O–H groups in total. The van der Waals surface area contributed by atoms with Crippen molar-refractivity contribution in [2.45, 2.75) is 32.4 Å². The Kier molecular flexibility index (Phi) is 6.05. The van der Waals surface area contributed by atoms with E-state index in [-0.39, 0.29) is 17.7 Å². The molecule has 7 nitrogen and oxygen atoms in total. The third-order valence-electron chi connectivity index (χ3n) is 5.39. The Morgan fingerprint density at radius 2 is 1.88 bits per heavy atom. The van der Waals surface area contributed by atoms with Crippen LogP contribution >= 0.6 is 11.6 Å². The second-order valence-electron chi connectivity index (χ2n) is 8.27. The van der Waals surface area contributed by atoms with E-state index >= 15 is 0 Å². The molecule has 4 rings (SSSR count). The average Bonchev–Trinajstić information content (AvgIpc) is 3.14. The lowest BCUT2D eigenvalue weighted by atomic mass is 10.0. The predicted molar refractivity (Wildman–Crippen MR) is 128 cm³/mol. The second kappa shape index (κ2) is 8.80. The lowest BCUT2D eigenvalue weighted by molar-refractivity contribution is 0.0646. The molecular weight excluding hydrogens is 445 g/mol. The summed E-state index contributed by atoms with van der Waals surface area (Å²) in [6.45, 7) is 5.18. The van der Waals surface area contributed by atoms with E-state index in [1.165, 1.54) is 12.1 Å². The van der Waals surface area contributed by atoms with E-state index in [1.54, 1.807) is 67.1 Å². The molecule has 0 radical (unpaired) electrons. The highest BCUT2D eigenvalue weighted by molar-refractivity contribution is 6.33. The van der Waals surface area contributed by atoms with Crippen molar-refractivity contribution in [1.82, 2.24) is 14.5 Å². The number of anilines is 2. The van der Waals surface area contributed by atoms with Gasteiger partial charge in [-0.05, 0) is 63.2 Å². The number of nitrogens with zero attached hydrogens (tertiary/aromatic N) is 3. The highest BCUT2D eigenvalue weighted by Crippen LogP contribution is 2.27. The summed E-state index contributed by atoms with van der Waals surface area (Å²) >= 11 is 6.20. The summed E-state index contributed by atoms with van der Waals surface area (Å²) < 4.78 is 15.2. The van der Waals surface area contributed by atoms with Crippen molar-refractivity contribution in [3.8, 4) is 5.69 Å². The first-order chi connectivity index (χ1) is 15.6. The SMILES string of the molecule is CC(Nc1ncc2cc(C(=O)Nc3ccccc3Cl)n(-c3ccc(F)cc3)c2n1)C(C)(C)O. The van der Waals surface area contributed by atoms with Gasteiger partial charge in [-0.15, -0.1) is 0 Å². The summed E-state index contributed by atoms with van der Waals surface area (Å²) in [4.78, 5) is 22.1. The number of rotatable bonds is 6. The Balaban J connectivity index is 1.82. The van der Waals surface area contributed by atoms with Gasteiger partial charge < -0.3 is 15.7 Å². The molecule has 0 spiro atoms. The minimum atomic E-state index is -1.00. The van der Waals surface area contributed by atoms with Gasteiger partial charge in [-0.2, -0.15) is 4.98 Å². The van der Waals surface area contributed by atoms with Crippen molar-refractivity contribution in [3.63, 3.8) is 0 Å². The zero-order valence-corrected chi connectivity index (χ0v) is 19.1. The summed E-state index contributed by atoms with van der Waals surface area (Å²) in [5, 5.41) is 17.2. The Labute approximate surface area is 195 Å². The fraction of sp³-hybridized carbons (Fsp3) is 0.208. The number of aliphatic hydroxyl groups is 1. The lowest BCUT2D eigenvalue weighted by Gasteiger charge is -2.26. The first-order valence-corrected chi connectivity index (χ1v) is 10.7. The number of carbonyl (C=O) groups is 1. The fourth-order valence-corrected chi connectivity index (χ4v) is 3.38. The summed E-state index contributed by atoms with van der Waals surface area (Å²) in [5.41, 5.74) is 0.741. The minimum Gasteiger partial charge on any atom is -0.388 e. The molecule has 2 aromatic heterocycles. The van der Waals surface area contributed by atoms with Gasteiger partial charge in [0.25, 0.3) is 5.91 Å². The van der Waals surface area contributed by atoms with Crippen LogP contribution in [0.1, 0.15) is 31.3 Å². The van der Waals surface area contributed by atoms with Crippen molar-refractivity contribution in [2.75, 3.05) is 10.6 Å².